The van der Waals surface area contributed by atoms with Gasteiger partial charge in [0.1, 0.15) is 0 Å². The Morgan fingerprint density at radius 2 is 1.69 bits per heavy atom. The first kappa shape index (κ1) is 20.8. The average Bonchev–Trinajstić information content (AvgIpc) is 2.67. The van der Waals surface area contributed by atoms with Gasteiger partial charge in [-0.3, -0.25) is 9.59 Å². The maximum atomic E-state index is 12.4. The molecule has 0 aliphatic heterocycles. The Kier molecular flexibility index (Phi) is 6.49. The fraction of sp³-hybridized carbons (Fsp3) is 0.261. The van der Waals surface area contributed by atoms with Crippen LogP contribution in [-0.2, 0) is 11.3 Å². The highest BCUT2D eigenvalue weighted by molar-refractivity contribution is 6.30. The number of amides is 1. The second-order valence-corrected chi connectivity index (χ2v) is 7.65. The van der Waals surface area contributed by atoms with E-state index in [1.54, 1.807) is 18.2 Å². The van der Waals surface area contributed by atoms with E-state index in [2.05, 4.69) is 10.4 Å². The summed E-state index contributed by atoms with van der Waals surface area (Å²) in [6, 6.07) is 14.6. The predicted molar refractivity (Wildman–Crippen MR) is 117 cm³/mol. The van der Waals surface area contributed by atoms with Crippen molar-refractivity contribution in [2.45, 2.75) is 40.2 Å². The van der Waals surface area contributed by atoms with Crippen LogP contribution in [0.25, 0.3) is 11.3 Å². The molecule has 3 aromatic rings. The van der Waals surface area contributed by atoms with Crippen LogP contribution in [-0.4, -0.2) is 15.7 Å². The van der Waals surface area contributed by atoms with Crippen LogP contribution in [0.3, 0.4) is 0 Å². The van der Waals surface area contributed by atoms with Crippen LogP contribution in [0.5, 0.6) is 0 Å². The zero-order chi connectivity index (χ0) is 21.0. The number of hydrogen-bond donors (Lipinski definition) is 1. The van der Waals surface area contributed by atoms with E-state index in [-0.39, 0.29) is 11.5 Å². The number of benzene rings is 2. The average molecular weight is 410 g/mol. The van der Waals surface area contributed by atoms with Crippen molar-refractivity contribution in [3.63, 3.8) is 0 Å². The lowest BCUT2D eigenvalue weighted by molar-refractivity contribution is -0.116. The van der Waals surface area contributed by atoms with Crippen molar-refractivity contribution in [3.05, 3.63) is 80.6 Å². The van der Waals surface area contributed by atoms with Crippen LogP contribution in [0.2, 0.25) is 5.02 Å². The molecular formula is C23H24ClN3O2. The van der Waals surface area contributed by atoms with Gasteiger partial charge in [0.2, 0.25) is 5.91 Å². The predicted octanol–water partition coefficient (Wildman–Crippen LogP) is 4.91. The summed E-state index contributed by atoms with van der Waals surface area (Å²) >= 11 is 5.93. The van der Waals surface area contributed by atoms with Gasteiger partial charge in [-0.05, 0) is 56.5 Å². The number of carbonyl (C=O) groups excluding carboxylic acids is 1. The van der Waals surface area contributed by atoms with Crippen molar-refractivity contribution in [1.82, 2.24) is 9.78 Å². The van der Waals surface area contributed by atoms with E-state index >= 15 is 0 Å². The fourth-order valence-electron chi connectivity index (χ4n) is 3.35. The van der Waals surface area contributed by atoms with Crippen molar-refractivity contribution < 1.29 is 4.79 Å². The van der Waals surface area contributed by atoms with E-state index < -0.39 is 0 Å². The minimum atomic E-state index is -0.187. The molecule has 0 spiro atoms. The topological polar surface area (TPSA) is 64.0 Å². The standard InChI is InChI=1S/C23H24ClN3O2/c1-15-13-16(2)23(17(3)14-15)25-21(28)5-4-12-27-22(29)11-10-20(26-27)18-6-8-19(24)9-7-18/h6-11,13-14H,4-5,12H2,1-3H3,(H,25,28). The van der Waals surface area contributed by atoms with Crippen LogP contribution in [0.15, 0.2) is 53.3 Å². The molecule has 1 N–H and O–H groups in total. The first-order valence-electron chi connectivity index (χ1n) is 9.55. The Morgan fingerprint density at radius 3 is 2.34 bits per heavy atom. The molecule has 0 aliphatic carbocycles. The first-order chi connectivity index (χ1) is 13.8. The SMILES string of the molecule is Cc1cc(C)c(NC(=O)CCCn2nc(-c3ccc(Cl)cc3)ccc2=O)c(C)c1. The Hall–Kier alpha value is -2.92. The number of nitrogens with one attached hydrogen (secondary N) is 1. The molecule has 1 heterocycles. The Bertz CT molecular complexity index is 1070. The second-order valence-electron chi connectivity index (χ2n) is 7.21. The second kappa shape index (κ2) is 9.05. The van der Waals surface area contributed by atoms with E-state index in [9.17, 15) is 9.59 Å². The first-order valence-corrected chi connectivity index (χ1v) is 9.93. The molecular weight excluding hydrogens is 386 g/mol. The Balaban J connectivity index is 1.63. The Labute approximate surface area is 175 Å². The third-order valence-electron chi connectivity index (χ3n) is 4.72. The summed E-state index contributed by atoms with van der Waals surface area (Å²) in [4.78, 5) is 24.5. The lowest BCUT2D eigenvalue weighted by Gasteiger charge is -2.13. The highest BCUT2D eigenvalue weighted by Gasteiger charge is 2.09. The summed E-state index contributed by atoms with van der Waals surface area (Å²) in [6.07, 6.45) is 0.832. The zero-order valence-corrected chi connectivity index (χ0v) is 17.6. The van der Waals surface area contributed by atoms with Gasteiger partial charge in [-0.15, -0.1) is 0 Å². The fourth-order valence-corrected chi connectivity index (χ4v) is 3.48. The molecule has 0 saturated carbocycles. The number of anilines is 1. The lowest BCUT2D eigenvalue weighted by atomic mass is 10.0. The molecule has 0 saturated heterocycles. The maximum Gasteiger partial charge on any atom is 0.266 e. The van der Waals surface area contributed by atoms with Crippen LogP contribution in [0.4, 0.5) is 5.69 Å². The van der Waals surface area contributed by atoms with Crippen LogP contribution in [0, 0.1) is 20.8 Å². The molecule has 150 valence electrons. The van der Waals surface area contributed by atoms with Crippen molar-refractivity contribution in [2.24, 2.45) is 0 Å². The lowest BCUT2D eigenvalue weighted by Crippen LogP contribution is -2.23. The minimum Gasteiger partial charge on any atom is -0.326 e. The van der Waals surface area contributed by atoms with Gasteiger partial charge in [-0.1, -0.05) is 41.4 Å². The summed E-state index contributed by atoms with van der Waals surface area (Å²) < 4.78 is 1.40. The number of rotatable bonds is 6. The van der Waals surface area contributed by atoms with Gasteiger partial charge in [0.15, 0.2) is 0 Å². The number of aromatic nitrogens is 2. The number of aryl methyl sites for hydroxylation is 4. The molecule has 2 aromatic carbocycles. The Morgan fingerprint density at radius 1 is 1.03 bits per heavy atom. The van der Waals surface area contributed by atoms with E-state index in [1.165, 1.54) is 16.3 Å². The molecule has 1 amide bonds. The molecule has 0 aliphatic rings. The molecule has 1 aromatic heterocycles. The molecule has 5 nitrogen and oxygen atoms in total. The highest BCUT2D eigenvalue weighted by Crippen LogP contribution is 2.22. The van der Waals surface area contributed by atoms with Gasteiger partial charge in [-0.2, -0.15) is 5.10 Å². The highest BCUT2D eigenvalue weighted by atomic mass is 35.5. The summed E-state index contributed by atoms with van der Waals surface area (Å²) in [5, 5.41) is 8.06. The smallest absolute Gasteiger partial charge is 0.266 e. The minimum absolute atomic E-state index is 0.0676. The molecule has 0 unspecified atom stereocenters. The molecule has 29 heavy (non-hydrogen) atoms. The summed E-state index contributed by atoms with van der Waals surface area (Å²) in [7, 11) is 0. The summed E-state index contributed by atoms with van der Waals surface area (Å²) in [6.45, 7) is 6.39. The largest absolute Gasteiger partial charge is 0.326 e. The van der Waals surface area contributed by atoms with Crippen molar-refractivity contribution in [3.8, 4) is 11.3 Å². The number of halogens is 1. The van der Waals surface area contributed by atoms with Crippen molar-refractivity contribution in [1.29, 1.82) is 0 Å². The van der Waals surface area contributed by atoms with Gasteiger partial charge in [-0.25, -0.2) is 4.68 Å². The third-order valence-corrected chi connectivity index (χ3v) is 4.97. The van der Waals surface area contributed by atoms with Gasteiger partial charge in [0, 0.05) is 35.3 Å². The van der Waals surface area contributed by atoms with Crippen LogP contribution < -0.4 is 10.9 Å². The summed E-state index contributed by atoms with van der Waals surface area (Å²) in [5.74, 6) is -0.0676. The molecule has 3 rings (SSSR count). The van der Waals surface area contributed by atoms with E-state index in [4.69, 9.17) is 11.6 Å². The van der Waals surface area contributed by atoms with Gasteiger partial charge >= 0.3 is 0 Å². The number of hydrogen-bond acceptors (Lipinski definition) is 3. The molecule has 0 atom stereocenters. The van der Waals surface area contributed by atoms with Crippen LogP contribution >= 0.6 is 11.6 Å². The van der Waals surface area contributed by atoms with Crippen molar-refractivity contribution in [2.75, 3.05) is 5.32 Å². The van der Waals surface area contributed by atoms with E-state index in [0.717, 1.165) is 22.4 Å². The summed E-state index contributed by atoms with van der Waals surface area (Å²) in [5.41, 5.74) is 5.51. The molecule has 6 heteroatoms. The quantitative estimate of drug-likeness (QED) is 0.629. The zero-order valence-electron chi connectivity index (χ0n) is 16.8. The normalized spacial score (nSPS) is 10.8. The monoisotopic (exact) mass is 409 g/mol. The van der Waals surface area contributed by atoms with Gasteiger partial charge in [0.05, 0.1) is 5.69 Å². The van der Waals surface area contributed by atoms with Crippen LogP contribution in [0.1, 0.15) is 29.5 Å². The van der Waals surface area contributed by atoms with Crippen molar-refractivity contribution >= 4 is 23.2 Å². The van der Waals surface area contributed by atoms with E-state index in [1.807, 2.05) is 45.0 Å². The van der Waals surface area contributed by atoms with E-state index in [0.29, 0.717) is 30.1 Å². The van der Waals surface area contributed by atoms with Gasteiger partial charge in [0.25, 0.3) is 5.56 Å². The number of carbonyl (C=O) groups is 1. The molecule has 0 bridgehead atoms. The molecule has 0 radical (unpaired) electrons. The maximum absolute atomic E-state index is 12.4. The van der Waals surface area contributed by atoms with Gasteiger partial charge < -0.3 is 5.32 Å². The molecule has 0 fully saturated rings. The third kappa shape index (κ3) is 5.33. The number of nitrogens with zero attached hydrogens (tertiary/aromatic N) is 2.